The Bertz CT molecular complexity index is 318. The molecule has 3 saturated heterocycles. The number of carbonyl (C=O) groups is 1. The van der Waals surface area contributed by atoms with Gasteiger partial charge in [-0.25, -0.2) is 0 Å². The minimum atomic E-state index is -0.754. The Hall–Kier alpha value is -0.360. The monoisotopic (exact) mass is 234 g/mol. The van der Waals surface area contributed by atoms with Crippen molar-refractivity contribution in [3.8, 4) is 0 Å². The van der Waals surface area contributed by atoms with Gasteiger partial charge in [0, 0.05) is 0 Å². The van der Waals surface area contributed by atoms with Gasteiger partial charge >= 0.3 is 5.97 Å². The second-order valence-electron chi connectivity index (χ2n) is 4.37. The fourth-order valence-electron chi connectivity index (χ4n) is 2.21. The zero-order valence-electron chi connectivity index (χ0n) is 8.31. The largest absolute Gasteiger partial charge is 0.455 e. The molecule has 15 heavy (non-hydrogen) atoms. The zero-order chi connectivity index (χ0) is 10.8. The summed E-state index contributed by atoms with van der Waals surface area (Å²) in [4.78, 5) is 11.2. The van der Waals surface area contributed by atoms with Crippen molar-refractivity contribution in [3.63, 3.8) is 0 Å². The van der Waals surface area contributed by atoms with E-state index in [0.29, 0.717) is 0 Å². The molecule has 0 amide bonds. The van der Waals surface area contributed by atoms with Crippen LogP contribution < -0.4 is 0 Å². The summed E-state index contributed by atoms with van der Waals surface area (Å²) >= 11 is 5.84. The van der Waals surface area contributed by atoms with Crippen LogP contribution in [0.2, 0.25) is 0 Å². The molecule has 84 valence electrons. The molecule has 0 aliphatic carbocycles. The van der Waals surface area contributed by atoms with Crippen LogP contribution in [0.3, 0.4) is 0 Å². The molecule has 4 unspecified atom stereocenters. The van der Waals surface area contributed by atoms with Gasteiger partial charge in [0.15, 0.2) is 29.7 Å². The van der Waals surface area contributed by atoms with Crippen LogP contribution in [0.1, 0.15) is 13.8 Å². The maximum Gasteiger partial charge on any atom is 0.327 e. The van der Waals surface area contributed by atoms with E-state index in [-0.39, 0.29) is 6.10 Å². The average Bonchev–Trinajstić information content (AvgIpc) is 2.66. The minimum Gasteiger partial charge on any atom is -0.455 e. The molecule has 6 heteroatoms. The number of fused-ring (bicyclic) bond motifs is 3. The summed E-state index contributed by atoms with van der Waals surface area (Å²) in [6, 6.07) is 0. The maximum absolute atomic E-state index is 11.2. The molecule has 3 heterocycles. The number of carbonyl (C=O) groups excluding carboxylic acids is 1. The Labute approximate surface area is 91.6 Å². The number of rotatable bonds is 0. The van der Waals surface area contributed by atoms with Crippen LogP contribution in [0.4, 0.5) is 0 Å². The van der Waals surface area contributed by atoms with Gasteiger partial charge < -0.3 is 18.9 Å². The predicted molar refractivity (Wildman–Crippen MR) is 48.2 cm³/mol. The first kappa shape index (κ1) is 9.84. The summed E-state index contributed by atoms with van der Waals surface area (Å²) in [7, 11) is 0. The van der Waals surface area contributed by atoms with E-state index in [9.17, 15) is 4.79 Å². The lowest BCUT2D eigenvalue weighted by atomic mass is 10.1. The highest BCUT2D eigenvalue weighted by Crippen LogP contribution is 2.43. The molecule has 0 aromatic heterocycles. The number of alkyl halides is 1. The molecule has 0 saturated carbocycles. The Morgan fingerprint density at radius 3 is 2.67 bits per heavy atom. The molecule has 5 atom stereocenters. The van der Waals surface area contributed by atoms with Gasteiger partial charge in [-0.2, -0.15) is 0 Å². The van der Waals surface area contributed by atoms with Crippen molar-refractivity contribution in [1.29, 1.82) is 0 Å². The van der Waals surface area contributed by atoms with Gasteiger partial charge in [0.1, 0.15) is 6.10 Å². The van der Waals surface area contributed by atoms with Crippen molar-refractivity contribution in [2.24, 2.45) is 0 Å². The Kier molecular flexibility index (Phi) is 1.87. The normalized spacial score (nSPS) is 51.4. The van der Waals surface area contributed by atoms with Crippen LogP contribution in [-0.2, 0) is 23.7 Å². The number of hydrogen-bond acceptors (Lipinski definition) is 5. The molecular formula is C9H11ClO5. The van der Waals surface area contributed by atoms with Crippen LogP contribution in [0.5, 0.6) is 0 Å². The first-order valence-corrected chi connectivity index (χ1v) is 5.27. The van der Waals surface area contributed by atoms with Gasteiger partial charge in [-0.05, 0) is 13.8 Å². The lowest BCUT2D eigenvalue weighted by molar-refractivity contribution is -0.209. The van der Waals surface area contributed by atoms with Crippen LogP contribution >= 0.6 is 11.6 Å². The van der Waals surface area contributed by atoms with E-state index >= 15 is 0 Å². The van der Waals surface area contributed by atoms with E-state index in [0.717, 1.165) is 0 Å². The number of hydrogen-bond donors (Lipinski definition) is 0. The fraction of sp³-hybridized carbons (Fsp3) is 0.889. The molecule has 0 radical (unpaired) electrons. The summed E-state index contributed by atoms with van der Waals surface area (Å²) in [5.41, 5.74) is 0. The smallest absolute Gasteiger partial charge is 0.327 e. The summed E-state index contributed by atoms with van der Waals surface area (Å²) in [5, 5.41) is -0.754. The lowest BCUT2D eigenvalue weighted by Crippen LogP contribution is -2.34. The van der Waals surface area contributed by atoms with E-state index in [1.54, 1.807) is 13.8 Å². The summed E-state index contributed by atoms with van der Waals surface area (Å²) in [5.74, 6) is -1.14. The van der Waals surface area contributed by atoms with Gasteiger partial charge in [-0.3, -0.25) is 4.79 Å². The molecule has 0 bridgehead atoms. The number of halogens is 1. The van der Waals surface area contributed by atoms with Crippen molar-refractivity contribution < 1.29 is 23.7 Å². The quantitative estimate of drug-likeness (QED) is 0.449. The lowest BCUT2D eigenvalue weighted by Gasteiger charge is -2.20. The van der Waals surface area contributed by atoms with Crippen molar-refractivity contribution in [2.75, 3.05) is 0 Å². The van der Waals surface area contributed by atoms with Crippen LogP contribution in [0.15, 0.2) is 0 Å². The second kappa shape index (κ2) is 2.85. The average molecular weight is 235 g/mol. The third-order valence-corrected chi connectivity index (χ3v) is 3.22. The van der Waals surface area contributed by atoms with E-state index < -0.39 is 35.6 Å². The van der Waals surface area contributed by atoms with E-state index in [2.05, 4.69) is 0 Å². The van der Waals surface area contributed by atoms with Crippen molar-refractivity contribution in [1.82, 2.24) is 0 Å². The van der Waals surface area contributed by atoms with Gasteiger partial charge in [0.25, 0.3) is 0 Å². The first-order chi connectivity index (χ1) is 6.98. The van der Waals surface area contributed by atoms with Crippen molar-refractivity contribution >= 4 is 17.6 Å². The van der Waals surface area contributed by atoms with Gasteiger partial charge in [0.2, 0.25) is 0 Å². The summed E-state index contributed by atoms with van der Waals surface area (Å²) in [6.45, 7) is 3.58. The standard InChI is InChI=1S/C9H11ClO5/c1-9(2)14-6-5-4(13-8(6)15-9)3(10)7(11)12-5/h3-6,8H,1-2H3/t3?,4?,5-,6?,8?/m0/s1. The highest BCUT2D eigenvalue weighted by Gasteiger charge is 2.62. The van der Waals surface area contributed by atoms with E-state index in [1.165, 1.54) is 0 Å². The summed E-state index contributed by atoms with van der Waals surface area (Å²) < 4.78 is 21.7. The van der Waals surface area contributed by atoms with Crippen LogP contribution in [-0.4, -0.2) is 41.7 Å². The third-order valence-electron chi connectivity index (χ3n) is 2.79. The highest BCUT2D eigenvalue weighted by atomic mass is 35.5. The molecule has 3 rings (SSSR count). The molecule has 0 N–H and O–H groups in total. The van der Waals surface area contributed by atoms with Crippen LogP contribution in [0, 0.1) is 0 Å². The maximum atomic E-state index is 11.2. The molecule has 0 spiro atoms. The molecule has 3 fully saturated rings. The molecular weight excluding hydrogens is 224 g/mol. The Balaban J connectivity index is 1.83. The van der Waals surface area contributed by atoms with Gasteiger partial charge in [-0.1, -0.05) is 0 Å². The van der Waals surface area contributed by atoms with E-state index in [4.69, 9.17) is 30.5 Å². The predicted octanol–water partition coefficient (Wildman–Crippen LogP) is 0.396. The number of ether oxygens (including phenoxy) is 4. The first-order valence-electron chi connectivity index (χ1n) is 4.84. The zero-order valence-corrected chi connectivity index (χ0v) is 9.06. The van der Waals surface area contributed by atoms with Gasteiger partial charge in [0.05, 0.1) is 0 Å². The second-order valence-corrected chi connectivity index (χ2v) is 4.84. The Morgan fingerprint density at radius 2 is 1.93 bits per heavy atom. The molecule has 3 aliphatic rings. The minimum absolute atomic E-state index is 0.363. The summed E-state index contributed by atoms with van der Waals surface area (Å²) in [6.07, 6.45) is -1.74. The highest BCUT2D eigenvalue weighted by molar-refractivity contribution is 6.31. The van der Waals surface area contributed by atoms with Crippen molar-refractivity contribution in [3.05, 3.63) is 0 Å². The topological polar surface area (TPSA) is 54.0 Å². The third kappa shape index (κ3) is 1.30. The number of esters is 1. The van der Waals surface area contributed by atoms with E-state index in [1.807, 2.05) is 0 Å². The van der Waals surface area contributed by atoms with Crippen molar-refractivity contribution in [2.45, 2.75) is 49.6 Å². The molecule has 0 aromatic rings. The SMILES string of the molecule is CC1(C)OC2OC3C(Cl)C(=O)O[C@@H]3C2O1. The fourth-order valence-corrected chi connectivity index (χ4v) is 2.46. The Morgan fingerprint density at radius 1 is 1.20 bits per heavy atom. The molecule has 5 nitrogen and oxygen atoms in total. The molecule has 3 aliphatic heterocycles. The molecule has 0 aromatic carbocycles. The van der Waals surface area contributed by atoms with Crippen LogP contribution in [0.25, 0.3) is 0 Å². The van der Waals surface area contributed by atoms with Gasteiger partial charge in [-0.15, -0.1) is 11.6 Å².